The molecule has 4 rings (SSSR count). The van der Waals surface area contributed by atoms with Crippen molar-refractivity contribution in [3.63, 3.8) is 0 Å². The summed E-state index contributed by atoms with van der Waals surface area (Å²) in [6.07, 6.45) is 3.65. The monoisotopic (exact) mass is 487 g/mol. The second kappa shape index (κ2) is 10.9. The molecule has 9 heteroatoms. The number of piperidine rings is 1. The third-order valence-electron chi connectivity index (χ3n) is 7.93. The molecule has 192 valence electrons. The van der Waals surface area contributed by atoms with E-state index in [4.69, 9.17) is 0 Å². The van der Waals surface area contributed by atoms with Gasteiger partial charge >= 0.3 is 0 Å². The third-order valence-corrected chi connectivity index (χ3v) is 7.93. The first kappa shape index (κ1) is 25.4. The number of hydrogen-bond acceptors (Lipinski definition) is 5. The first-order chi connectivity index (χ1) is 16.8. The molecule has 2 N–H and O–H groups in total. The van der Waals surface area contributed by atoms with Crippen molar-refractivity contribution in [3.05, 3.63) is 30.1 Å². The number of likely N-dealkylation sites (tertiary alicyclic amines) is 1. The van der Waals surface area contributed by atoms with E-state index in [-0.39, 0.29) is 35.0 Å². The fraction of sp³-hybridized carbons (Fsp3) is 0.654. The van der Waals surface area contributed by atoms with Gasteiger partial charge in [0.25, 0.3) is 0 Å². The van der Waals surface area contributed by atoms with Gasteiger partial charge in [-0.15, -0.1) is 0 Å². The van der Waals surface area contributed by atoms with Gasteiger partial charge in [0, 0.05) is 64.5 Å². The smallest absolute Gasteiger partial charge is 0.245 e. The summed E-state index contributed by atoms with van der Waals surface area (Å²) in [4.78, 5) is 43.7. The number of benzene rings is 1. The van der Waals surface area contributed by atoms with Gasteiger partial charge in [-0.1, -0.05) is 6.92 Å². The van der Waals surface area contributed by atoms with Crippen LogP contribution in [0, 0.1) is 11.2 Å². The van der Waals surface area contributed by atoms with Gasteiger partial charge in [-0.2, -0.15) is 0 Å². The lowest BCUT2D eigenvalue weighted by molar-refractivity contribution is -0.141. The number of piperazine rings is 1. The van der Waals surface area contributed by atoms with Gasteiger partial charge in [0.1, 0.15) is 11.9 Å². The van der Waals surface area contributed by atoms with Crippen LogP contribution in [0.25, 0.3) is 0 Å². The van der Waals surface area contributed by atoms with Crippen LogP contribution >= 0.6 is 0 Å². The molecule has 0 aromatic heterocycles. The fourth-order valence-electron chi connectivity index (χ4n) is 5.74. The molecule has 0 saturated carbocycles. The Labute approximate surface area is 207 Å². The van der Waals surface area contributed by atoms with E-state index in [9.17, 15) is 18.8 Å². The van der Waals surface area contributed by atoms with E-state index in [1.807, 2.05) is 19.1 Å². The van der Waals surface area contributed by atoms with Crippen LogP contribution in [0.4, 0.5) is 10.1 Å². The van der Waals surface area contributed by atoms with Gasteiger partial charge in [0.05, 0.1) is 5.41 Å². The number of amides is 3. The molecule has 3 aliphatic heterocycles. The summed E-state index contributed by atoms with van der Waals surface area (Å²) < 4.78 is 13.2. The molecule has 2 unspecified atom stereocenters. The molecule has 3 fully saturated rings. The molecule has 3 heterocycles. The van der Waals surface area contributed by atoms with Crippen LogP contribution in [0.5, 0.6) is 0 Å². The predicted octanol–water partition coefficient (Wildman–Crippen LogP) is 1.75. The van der Waals surface area contributed by atoms with Gasteiger partial charge in [-0.3, -0.25) is 19.3 Å². The Morgan fingerprint density at radius 1 is 1.11 bits per heavy atom. The second-order valence-corrected chi connectivity index (χ2v) is 10.2. The Morgan fingerprint density at radius 2 is 1.77 bits per heavy atom. The van der Waals surface area contributed by atoms with Gasteiger partial charge in [-0.05, 0) is 56.4 Å². The summed E-state index contributed by atoms with van der Waals surface area (Å²) in [5.74, 6) is -0.332. The minimum absolute atomic E-state index is 0.0488. The van der Waals surface area contributed by atoms with Crippen LogP contribution in [0.15, 0.2) is 24.3 Å². The molecule has 2 atom stereocenters. The summed E-state index contributed by atoms with van der Waals surface area (Å²) in [6.45, 7) is 9.09. The van der Waals surface area contributed by atoms with Crippen molar-refractivity contribution in [1.82, 2.24) is 20.4 Å². The van der Waals surface area contributed by atoms with Crippen molar-refractivity contribution >= 4 is 23.4 Å². The number of rotatable bonds is 7. The first-order valence-corrected chi connectivity index (χ1v) is 12.9. The first-order valence-electron chi connectivity index (χ1n) is 12.9. The summed E-state index contributed by atoms with van der Waals surface area (Å²) >= 11 is 0. The van der Waals surface area contributed by atoms with Crippen LogP contribution in [0.1, 0.15) is 46.0 Å². The van der Waals surface area contributed by atoms with Crippen LogP contribution in [-0.4, -0.2) is 85.4 Å². The lowest BCUT2D eigenvalue weighted by atomic mass is 9.75. The zero-order valence-corrected chi connectivity index (χ0v) is 20.9. The lowest BCUT2D eigenvalue weighted by Crippen LogP contribution is -2.52. The Morgan fingerprint density at radius 3 is 2.37 bits per heavy atom. The molecule has 3 amide bonds. The van der Waals surface area contributed by atoms with E-state index < -0.39 is 6.04 Å². The van der Waals surface area contributed by atoms with E-state index in [1.165, 1.54) is 19.1 Å². The van der Waals surface area contributed by atoms with Crippen LogP contribution in [-0.2, 0) is 14.4 Å². The van der Waals surface area contributed by atoms with Gasteiger partial charge in [-0.25, -0.2) is 4.39 Å². The number of carbonyl (C=O) groups is 3. The van der Waals surface area contributed by atoms with E-state index >= 15 is 0 Å². The molecular weight excluding hydrogens is 449 g/mol. The zero-order valence-electron chi connectivity index (χ0n) is 20.9. The molecular formula is C26H38FN5O3. The molecule has 1 aromatic rings. The highest BCUT2D eigenvalue weighted by molar-refractivity contribution is 5.88. The molecule has 1 aromatic carbocycles. The van der Waals surface area contributed by atoms with Crippen molar-refractivity contribution < 1.29 is 18.8 Å². The Kier molecular flexibility index (Phi) is 7.94. The Balaban J connectivity index is 1.21. The minimum Gasteiger partial charge on any atom is -0.369 e. The predicted molar refractivity (Wildman–Crippen MR) is 132 cm³/mol. The largest absolute Gasteiger partial charge is 0.369 e. The van der Waals surface area contributed by atoms with Crippen LogP contribution in [0.3, 0.4) is 0 Å². The molecule has 1 spiro atoms. The van der Waals surface area contributed by atoms with Gasteiger partial charge < -0.3 is 20.4 Å². The lowest BCUT2D eigenvalue weighted by Gasteiger charge is -2.39. The SMILES string of the molecule is CCC(NC(C)=O)C(=O)N1CCC2(CC1)CC(CCN1CCN(c3ccc(F)cc3)CC1)NC2=O. The minimum atomic E-state index is -0.491. The number of halogens is 1. The summed E-state index contributed by atoms with van der Waals surface area (Å²) in [5.41, 5.74) is 0.682. The normalized spacial score (nSPS) is 23.3. The van der Waals surface area contributed by atoms with Crippen LogP contribution in [0.2, 0.25) is 0 Å². The summed E-state index contributed by atoms with van der Waals surface area (Å²) in [7, 11) is 0. The van der Waals surface area contributed by atoms with Crippen molar-refractivity contribution in [2.24, 2.45) is 5.41 Å². The maximum Gasteiger partial charge on any atom is 0.245 e. The highest BCUT2D eigenvalue weighted by atomic mass is 19.1. The standard InChI is InChI=1S/C26H38FN5O3/c1-3-23(28-19(2)33)24(34)32-12-9-26(10-13-32)18-21(29-25(26)35)8-11-30-14-16-31(17-15-30)22-6-4-20(27)5-7-22/h4-7,21,23H,3,8-18H2,1-2H3,(H,28,33)(H,29,35). The molecule has 0 radical (unpaired) electrons. The molecule has 0 bridgehead atoms. The van der Waals surface area contributed by atoms with Crippen molar-refractivity contribution in [2.75, 3.05) is 50.7 Å². The number of nitrogens with zero attached hydrogens (tertiary/aromatic N) is 3. The highest BCUT2D eigenvalue weighted by Crippen LogP contribution is 2.41. The van der Waals surface area contributed by atoms with Crippen molar-refractivity contribution in [1.29, 1.82) is 0 Å². The maximum atomic E-state index is 13.2. The fourth-order valence-corrected chi connectivity index (χ4v) is 5.74. The Bertz CT molecular complexity index is 908. The third kappa shape index (κ3) is 5.94. The summed E-state index contributed by atoms with van der Waals surface area (Å²) in [6, 6.07) is 6.36. The van der Waals surface area contributed by atoms with Gasteiger partial charge in [0.15, 0.2) is 0 Å². The van der Waals surface area contributed by atoms with Crippen molar-refractivity contribution in [2.45, 2.75) is 58.0 Å². The summed E-state index contributed by atoms with van der Waals surface area (Å²) in [5, 5.41) is 5.96. The molecule has 0 aliphatic carbocycles. The van der Waals surface area contributed by atoms with E-state index in [1.54, 1.807) is 4.90 Å². The Hall–Kier alpha value is -2.68. The maximum absolute atomic E-state index is 13.2. The van der Waals surface area contributed by atoms with Crippen molar-refractivity contribution in [3.8, 4) is 0 Å². The van der Waals surface area contributed by atoms with Gasteiger partial charge in [0.2, 0.25) is 17.7 Å². The van der Waals surface area contributed by atoms with E-state index in [0.29, 0.717) is 32.4 Å². The quantitative estimate of drug-likeness (QED) is 0.612. The zero-order chi connectivity index (χ0) is 25.0. The topological polar surface area (TPSA) is 85.0 Å². The highest BCUT2D eigenvalue weighted by Gasteiger charge is 2.48. The van der Waals surface area contributed by atoms with E-state index in [0.717, 1.165) is 51.3 Å². The molecule has 35 heavy (non-hydrogen) atoms. The molecule has 3 aliphatic rings. The average Bonchev–Trinajstić information content (AvgIpc) is 3.16. The van der Waals surface area contributed by atoms with Crippen LogP contribution < -0.4 is 15.5 Å². The number of carbonyl (C=O) groups excluding carboxylic acids is 3. The molecule has 8 nitrogen and oxygen atoms in total. The number of anilines is 1. The number of nitrogens with one attached hydrogen (secondary N) is 2. The number of hydrogen-bond donors (Lipinski definition) is 2. The van der Waals surface area contributed by atoms with E-state index in [2.05, 4.69) is 20.4 Å². The average molecular weight is 488 g/mol. The second-order valence-electron chi connectivity index (χ2n) is 10.2. The molecule has 3 saturated heterocycles.